The highest BCUT2D eigenvalue weighted by Gasteiger charge is 2.30. The lowest BCUT2D eigenvalue weighted by molar-refractivity contribution is 0.0106. The molecule has 7 heteroatoms. The van der Waals surface area contributed by atoms with Crippen LogP contribution in [0.2, 0.25) is 0 Å². The van der Waals surface area contributed by atoms with E-state index < -0.39 is 0 Å². The van der Waals surface area contributed by atoms with Gasteiger partial charge in [0.05, 0.1) is 38.0 Å². The summed E-state index contributed by atoms with van der Waals surface area (Å²) in [5.74, 6) is 2.26. The van der Waals surface area contributed by atoms with Crippen molar-refractivity contribution in [1.82, 2.24) is 5.32 Å². The lowest BCUT2D eigenvalue weighted by atomic mass is 9.87. The van der Waals surface area contributed by atoms with Crippen LogP contribution >= 0.6 is 0 Å². The van der Waals surface area contributed by atoms with Gasteiger partial charge >= 0.3 is 0 Å². The first-order valence-electron chi connectivity index (χ1n) is 14.7. The largest absolute Gasteiger partial charge is 0.490 e. The molecule has 7 nitrogen and oxygen atoms in total. The molecule has 0 amide bonds. The van der Waals surface area contributed by atoms with Crippen LogP contribution in [0, 0.1) is 0 Å². The van der Waals surface area contributed by atoms with E-state index in [0.29, 0.717) is 12.5 Å². The van der Waals surface area contributed by atoms with E-state index in [0.717, 1.165) is 82.5 Å². The van der Waals surface area contributed by atoms with Crippen LogP contribution in [-0.2, 0) is 16.1 Å². The third kappa shape index (κ3) is 6.38. The molecule has 6 rings (SSSR count). The quantitative estimate of drug-likeness (QED) is 0.347. The van der Waals surface area contributed by atoms with Gasteiger partial charge in [-0.25, -0.2) is 0 Å². The summed E-state index contributed by atoms with van der Waals surface area (Å²) in [5.41, 5.74) is 4.93. The van der Waals surface area contributed by atoms with Crippen molar-refractivity contribution in [2.24, 2.45) is 0 Å². The first kappa shape index (κ1) is 26.9. The SMILES string of the molecule is COCCCN1CCOc2ccc(CO[C@H]3CNCC[C@@H]3c3ccc(OC4CN(c5ccccc5)C4)cc3)cc21. The molecule has 0 bridgehead atoms. The van der Waals surface area contributed by atoms with E-state index >= 15 is 0 Å². The zero-order chi connectivity index (χ0) is 27.1. The van der Waals surface area contributed by atoms with Crippen LogP contribution in [0.3, 0.4) is 0 Å². The average molecular weight is 544 g/mol. The predicted molar refractivity (Wildman–Crippen MR) is 159 cm³/mol. The molecule has 2 atom stereocenters. The lowest BCUT2D eigenvalue weighted by Crippen LogP contribution is -2.54. The highest BCUT2D eigenvalue weighted by molar-refractivity contribution is 5.61. The van der Waals surface area contributed by atoms with Crippen LogP contribution in [0.4, 0.5) is 11.4 Å². The molecule has 0 saturated carbocycles. The van der Waals surface area contributed by atoms with Gasteiger partial charge in [-0.15, -0.1) is 0 Å². The standard InChI is InChI=1S/C33H41N3O4/c1-37-18-5-16-35-17-19-38-32-13-8-25(20-31(32)35)24-39-33-21-34-15-14-30(33)26-9-11-28(12-10-26)40-29-22-36(23-29)27-6-3-2-4-7-27/h2-4,6-13,20,29-30,33-34H,5,14-19,21-24H2,1H3/t30-,33+/m1/s1. The van der Waals surface area contributed by atoms with Crippen molar-refractivity contribution in [1.29, 1.82) is 0 Å². The zero-order valence-corrected chi connectivity index (χ0v) is 23.5. The fourth-order valence-electron chi connectivity index (χ4n) is 5.98. The first-order valence-corrected chi connectivity index (χ1v) is 14.7. The summed E-state index contributed by atoms with van der Waals surface area (Å²) in [7, 11) is 1.76. The Balaban J connectivity index is 1.04. The van der Waals surface area contributed by atoms with Crippen molar-refractivity contribution in [2.45, 2.75) is 37.6 Å². The number of para-hydroxylation sites is 1. The number of rotatable bonds is 11. The van der Waals surface area contributed by atoms with Crippen LogP contribution in [0.1, 0.15) is 29.9 Å². The normalized spacial score (nSPS) is 20.9. The maximum absolute atomic E-state index is 6.56. The van der Waals surface area contributed by atoms with Crippen molar-refractivity contribution < 1.29 is 18.9 Å². The van der Waals surface area contributed by atoms with Crippen LogP contribution < -0.4 is 24.6 Å². The molecule has 3 aromatic rings. The van der Waals surface area contributed by atoms with Crippen molar-refractivity contribution >= 4 is 11.4 Å². The third-order valence-corrected chi connectivity index (χ3v) is 8.23. The lowest BCUT2D eigenvalue weighted by Gasteiger charge is -2.40. The molecule has 0 radical (unpaired) electrons. The predicted octanol–water partition coefficient (Wildman–Crippen LogP) is 4.85. The highest BCUT2D eigenvalue weighted by atomic mass is 16.5. The molecule has 2 saturated heterocycles. The van der Waals surface area contributed by atoms with Crippen molar-refractivity contribution in [3.63, 3.8) is 0 Å². The van der Waals surface area contributed by atoms with E-state index in [1.54, 1.807) is 7.11 Å². The Kier molecular flexibility index (Phi) is 8.71. The van der Waals surface area contributed by atoms with Crippen molar-refractivity contribution in [3.05, 3.63) is 83.9 Å². The Morgan fingerprint density at radius 3 is 2.67 bits per heavy atom. The fourth-order valence-corrected chi connectivity index (χ4v) is 5.98. The molecule has 0 aliphatic carbocycles. The van der Waals surface area contributed by atoms with E-state index in [1.165, 1.54) is 16.8 Å². The Morgan fingerprint density at radius 2 is 1.85 bits per heavy atom. The van der Waals surface area contributed by atoms with Crippen LogP contribution in [-0.4, -0.2) is 71.8 Å². The minimum atomic E-state index is 0.122. The molecule has 212 valence electrons. The number of ether oxygens (including phenoxy) is 4. The Hall–Kier alpha value is -3.26. The van der Waals surface area contributed by atoms with Gasteiger partial charge < -0.3 is 34.1 Å². The summed E-state index contributed by atoms with van der Waals surface area (Å²) < 4.78 is 24.0. The van der Waals surface area contributed by atoms with Gasteiger partial charge in [0, 0.05) is 38.4 Å². The van der Waals surface area contributed by atoms with Crippen molar-refractivity contribution in [2.75, 3.05) is 69.4 Å². The second-order valence-electron chi connectivity index (χ2n) is 11.0. The minimum Gasteiger partial charge on any atom is -0.490 e. The molecule has 1 N–H and O–H groups in total. The number of hydrogen-bond acceptors (Lipinski definition) is 7. The maximum Gasteiger partial charge on any atom is 0.142 e. The summed E-state index contributed by atoms with van der Waals surface area (Å²) in [6.45, 7) is 7.67. The number of nitrogens with zero attached hydrogens (tertiary/aromatic N) is 2. The summed E-state index contributed by atoms with van der Waals surface area (Å²) in [6, 6.07) is 25.7. The number of methoxy groups -OCH3 is 1. The van der Waals surface area contributed by atoms with E-state index in [-0.39, 0.29) is 12.2 Å². The van der Waals surface area contributed by atoms with E-state index in [9.17, 15) is 0 Å². The van der Waals surface area contributed by atoms with Crippen molar-refractivity contribution in [3.8, 4) is 11.5 Å². The van der Waals surface area contributed by atoms with Crippen LogP contribution in [0.15, 0.2) is 72.8 Å². The molecule has 3 heterocycles. The molecule has 3 aliphatic heterocycles. The number of piperidine rings is 1. The highest BCUT2D eigenvalue weighted by Crippen LogP contribution is 2.34. The topological polar surface area (TPSA) is 55.4 Å². The molecule has 3 aromatic carbocycles. The Bertz CT molecular complexity index is 1220. The van der Waals surface area contributed by atoms with Crippen LogP contribution in [0.25, 0.3) is 0 Å². The summed E-state index contributed by atoms with van der Waals surface area (Å²) in [6.07, 6.45) is 2.42. The van der Waals surface area contributed by atoms with Gasteiger partial charge in [-0.05, 0) is 66.9 Å². The molecule has 2 fully saturated rings. The van der Waals surface area contributed by atoms with Gasteiger partial charge in [0.25, 0.3) is 0 Å². The third-order valence-electron chi connectivity index (χ3n) is 8.23. The first-order chi connectivity index (χ1) is 19.8. The molecule has 40 heavy (non-hydrogen) atoms. The molecular formula is C33H41N3O4. The molecule has 0 unspecified atom stereocenters. The summed E-state index contributed by atoms with van der Waals surface area (Å²) in [4.78, 5) is 4.75. The molecule has 0 spiro atoms. The monoisotopic (exact) mass is 543 g/mol. The fraction of sp³-hybridized carbons (Fsp3) is 0.455. The molecule has 3 aliphatic rings. The second kappa shape index (κ2) is 12.9. The maximum atomic E-state index is 6.56. The summed E-state index contributed by atoms with van der Waals surface area (Å²) >= 11 is 0. The number of fused-ring (bicyclic) bond motifs is 1. The van der Waals surface area contributed by atoms with E-state index in [1.807, 2.05) is 0 Å². The zero-order valence-electron chi connectivity index (χ0n) is 23.5. The number of nitrogens with one attached hydrogen (secondary N) is 1. The van der Waals surface area contributed by atoms with Crippen LogP contribution in [0.5, 0.6) is 11.5 Å². The molecular weight excluding hydrogens is 502 g/mol. The minimum absolute atomic E-state index is 0.122. The summed E-state index contributed by atoms with van der Waals surface area (Å²) in [5, 5.41) is 3.53. The number of anilines is 2. The number of hydrogen-bond donors (Lipinski definition) is 1. The smallest absolute Gasteiger partial charge is 0.142 e. The van der Waals surface area contributed by atoms with Gasteiger partial charge in [-0.3, -0.25) is 0 Å². The Labute approximate surface area is 238 Å². The van der Waals surface area contributed by atoms with E-state index in [2.05, 4.69) is 87.9 Å². The van der Waals surface area contributed by atoms with Gasteiger partial charge in [0.1, 0.15) is 24.2 Å². The van der Waals surface area contributed by atoms with Gasteiger partial charge in [-0.2, -0.15) is 0 Å². The van der Waals surface area contributed by atoms with E-state index in [4.69, 9.17) is 18.9 Å². The number of benzene rings is 3. The van der Waals surface area contributed by atoms with Gasteiger partial charge in [0.2, 0.25) is 0 Å². The van der Waals surface area contributed by atoms with Gasteiger partial charge in [-0.1, -0.05) is 36.4 Å². The average Bonchev–Trinajstić information content (AvgIpc) is 2.99. The molecule has 0 aromatic heterocycles. The Morgan fingerprint density at radius 1 is 1.00 bits per heavy atom. The van der Waals surface area contributed by atoms with Gasteiger partial charge in [0.15, 0.2) is 0 Å². The second-order valence-corrected chi connectivity index (χ2v) is 11.0.